The van der Waals surface area contributed by atoms with E-state index in [9.17, 15) is 19.0 Å². The monoisotopic (exact) mass is 1130 g/mol. The maximum Gasteiger partial charge on any atom is 0.306 e. The molecule has 2 atom stereocenters. The Bertz CT molecular complexity index is 1860. The molecule has 0 spiro atoms. The molecule has 0 aliphatic carbocycles. The van der Waals surface area contributed by atoms with Gasteiger partial charge in [0.15, 0.2) is 6.10 Å². The van der Waals surface area contributed by atoms with Crippen molar-refractivity contribution >= 4 is 19.8 Å². The minimum Gasteiger partial charge on any atom is -0.756 e. The molecular weight excluding hydrogens is 1010 g/mol. The van der Waals surface area contributed by atoms with Crippen molar-refractivity contribution in [1.29, 1.82) is 0 Å². The molecule has 0 radical (unpaired) electrons. The van der Waals surface area contributed by atoms with E-state index in [-0.39, 0.29) is 26.1 Å². The summed E-state index contributed by atoms with van der Waals surface area (Å²) in [5.41, 5.74) is 0. The van der Waals surface area contributed by atoms with Crippen molar-refractivity contribution in [3.63, 3.8) is 0 Å². The molecular formula is C70H116NO8P. The first-order chi connectivity index (χ1) is 39.0. The fourth-order valence-corrected chi connectivity index (χ4v) is 8.74. The highest BCUT2D eigenvalue weighted by atomic mass is 31.2. The van der Waals surface area contributed by atoms with E-state index in [0.29, 0.717) is 17.4 Å². The summed E-state index contributed by atoms with van der Waals surface area (Å²) >= 11 is 0. The maximum atomic E-state index is 12.8. The molecule has 0 aliphatic rings. The number of ether oxygens (including phenoxy) is 2. The molecule has 0 amide bonds. The van der Waals surface area contributed by atoms with Gasteiger partial charge in [0.05, 0.1) is 27.7 Å². The predicted molar refractivity (Wildman–Crippen MR) is 341 cm³/mol. The van der Waals surface area contributed by atoms with Crippen molar-refractivity contribution < 1.29 is 42.1 Å². The highest BCUT2D eigenvalue weighted by Gasteiger charge is 2.22. The number of phosphoric acid groups is 1. The van der Waals surface area contributed by atoms with Crippen LogP contribution in [0.4, 0.5) is 0 Å². The zero-order valence-electron chi connectivity index (χ0n) is 51.5. The van der Waals surface area contributed by atoms with Gasteiger partial charge in [0.1, 0.15) is 19.8 Å². The average Bonchev–Trinajstić information content (AvgIpc) is 3.42. The lowest BCUT2D eigenvalue weighted by atomic mass is 10.1. The third-order valence-corrected chi connectivity index (χ3v) is 13.8. The van der Waals surface area contributed by atoms with Crippen LogP contribution < -0.4 is 4.89 Å². The first kappa shape index (κ1) is 75.9. The second-order valence-corrected chi connectivity index (χ2v) is 23.1. The third kappa shape index (κ3) is 63.1. The summed E-state index contributed by atoms with van der Waals surface area (Å²) < 4.78 is 34.1. The lowest BCUT2D eigenvalue weighted by Gasteiger charge is -2.28. The summed E-state index contributed by atoms with van der Waals surface area (Å²) in [5, 5.41) is 0. The number of nitrogens with zero attached hydrogens (tertiary/aromatic N) is 1. The molecule has 9 nitrogen and oxygen atoms in total. The average molecular weight is 1130 g/mol. The van der Waals surface area contributed by atoms with Crippen LogP contribution in [0.3, 0.4) is 0 Å². The zero-order valence-corrected chi connectivity index (χ0v) is 52.4. The molecule has 80 heavy (non-hydrogen) atoms. The number of carbonyl (C=O) groups is 2. The molecule has 0 bridgehead atoms. The smallest absolute Gasteiger partial charge is 0.306 e. The molecule has 0 N–H and O–H groups in total. The number of hydrogen-bond donors (Lipinski definition) is 0. The van der Waals surface area contributed by atoms with Gasteiger partial charge in [0.25, 0.3) is 7.82 Å². The standard InChI is InChI=1S/C70H116NO8P/c1-6-8-10-12-14-16-18-20-22-24-26-27-28-29-30-31-32-33-34-35-36-37-38-39-40-41-42-43-45-47-49-51-53-55-57-59-61-63-70(73)79-68(67-78-80(74,75)77-65-64-71(3,4)5)66-76-69(72)62-60-58-56-54-52-50-48-46-44-25-23-21-19-17-15-13-11-9-7-2/h8,10,14,16,20-23,26-27,29-30,32-33,35-36,38-39,41-42,45,47,51,53,68H,6-7,9,11-13,15,17-19,24-25,28,31,34,37,40,43-44,46,48-50,52,54-67H2,1-5H3/b10-8-,16-14-,22-20-,23-21-,27-26-,30-29-,33-32-,36-35-,39-38-,42-41-,47-45-,53-51-. The highest BCUT2D eigenvalue weighted by Crippen LogP contribution is 2.38. The van der Waals surface area contributed by atoms with Crippen molar-refractivity contribution in [2.75, 3.05) is 47.5 Å². The molecule has 0 heterocycles. The van der Waals surface area contributed by atoms with Crippen LogP contribution in [0.15, 0.2) is 146 Å². The number of carbonyl (C=O) groups excluding carboxylic acids is 2. The van der Waals surface area contributed by atoms with Crippen LogP contribution in [0.1, 0.15) is 232 Å². The van der Waals surface area contributed by atoms with E-state index in [1.807, 2.05) is 21.1 Å². The van der Waals surface area contributed by atoms with Gasteiger partial charge >= 0.3 is 11.9 Å². The fourth-order valence-electron chi connectivity index (χ4n) is 8.01. The Morgan fingerprint density at radius 1 is 0.400 bits per heavy atom. The van der Waals surface area contributed by atoms with E-state index < -0.39 is 32.5 Å². The number of allylic oxidation sites excluding steroid dienone is 24. The van der Waals surface area contributed by atoms with Crippen LogP contribution in [0.2, 0.25) is 0 Å². The molecule has 0 saturated heterocycles. The Morgan fingerprint density at radius 2 is 0.713 bits per heavy atom. The van der Waals surface area contributed by atoms with Crippen molar-refractivity contribution in [1.82, 2.24) is 0 Å². The Labute approximate surface area is 491 Å². The van der Waals surface area contributed by atoms with E-state index in [0.717, 1.165) is 116 Å². The van der Waals surface area contributed by atoms with Gasteiger partial charge in [-0.1, -0.05) is 243 Å². The SMILES string of the molecule is CC/C=C\C/C=C\C/C=C\C/C=C\C/C=C\C/C=C\C/C=C\C/C=C\C/C=C\C/C=C\C/C=C\CCCCCC(=O)OC(COC(=O)CCCCCCCCCCC/C=C\CCCCCCCC)COP(=O)([O-])OCC[N+](C)(C)C. The predicted octanol–water partition coefficient (Wildman–Crippen LogP) is 19.6. The normalized spacial score (nSPS) is 14.2. The largest absolute Gasteiger partial charge is 0.756 e. The summed E-state index contributed by atoms with van der Waals surface area (Å²) in [7, 11) is 1.12. The Kier molecular flexibility index (Phi) is 56.5. The minimum atomic E-state index is -4.66. The summed E-state index contributed by atoms with van der Waals surface area (Å²) in [6, 6.07) is 0. The topological polar surface area (TPSA) is 111 Å². The number of likely N-dealkylation sites (N-methyl/N-ethyl adjacent to an activating group) is 1. The van der Waals surface area contributed by atoms with Crippen LogP contribution in [0.25, 0.3) is 0 Å². The number of quaternary nitrogens is 1. The first-order valence-corrected chi connectivity index (χ1v) is 33.0. The quantitative estimate of drug-likeness (QED) is 0.0195. The van der Waals surface area contributed by atoms with Crippen LogP contribution >= 0.6 is 7.82 Å². The number of unbranched alkanes of at least 4 members (excludes halogenated alkanes) is 18. The molecule has 0 aromatic rings. The van der Waals surface area contributed by atoms with E-state index in [1.54, 1.807) is 0 Å². The second kappa shape index (κ2) is 59.5. The van der Waals surface area contributed by atoms with Gasteiger partial charge < -0.3 is 27.9 Å². The molecule has 0 aromatic carbocycles. The molecule has 0 rings (SSSR count). The van der Waals surface area contributed by atoms with Crippen LogP contribution in [-0.2, 0) is 32.7 Å². The fraction of sp³-hybridized carbons (Fsp3) is 0.629. The number of hydrogen-bond acceptors (Lipinski definition) is 8. The molecule has 0 aromatic heterocycles. The Balaban J connectivity index is 4.24. The van der Waals surface area contributed by atoms with Crippen molar-refractivity contribution in [2.45, 2.75) is 238 Å². The van der Waals surface area contributed by atoms with Crippen LogP contribution in [0, 0.1) is 0 Å². The van der Waals surface area contributed by atoms with Gasteiger partial charge in [-0.05, 0) is 122 Å². The lowest BCUT2D eigenvalue weighted by molar-refractivity contribution is -0.870. The molecule has 0 fully saturated rings. The van der Waals surface area contributed by atoms with Crippen molar-refractivity contribution in [2.24, 2.45) is 0 Å². The Morgan fingerprint density at radius 3 is 1.09 bits per heavy atom. The van der Waals surface area contributed by atoms with E-state index >= 15 is 0 Å². The molecule has 0 saturated carbocycles. The van der Waals surface area contributed by atoms with Crippen LogP contribution in [-0.4, -0.2) is 70.0 Å². The minimum absolute atomic E-state index is 0.0454. The van der Waals surface area contributed by atoms with Crippen LogP contribution in [0.5, 0.6) is 0 Å². The van der Waals surface area contributed by atoms with Gasteiger partial charge in [0, 0.05) is 12.8 Å². The number of esters is 2. The Hall–Kier alpha value is -4.11. The van der Waals surface area contributed by atoms with Gasteiger partial charge in [-0.15, -0.1) is 0 Å². The first-order valence-electron chi connectivity index (χ1n) is 31.5. The van der Waals surface area contributed by atoms with E-state index in [2.05, 4.69) is 160 Å². The summed E-state index contributed by atoms with van der Waals surface area (Å²) in [6.07, 6.45) is 87.6. The van der Waals surface area contributed by atoms with Gasteiger partial charge in [-0.2, -0.15) is 0 Å². The summed E-state index contributed by atoms with van der Waals surface area (Å²) in [4.78, 5) is 37.9. The van der Waals surface area contributed by atoms with Crippen molar-refractivity contribution in [3.8, 4) is 0 Å². The number of rotatable bonds is 56. The van der Waals surface area contributed by atoms with E-state index in [4.69, 9.17) is 18.5 Å². The number of phosphoric ester groups is 1. The zero-order chi connectivity index (χ0) is 58.4. The van der Waals surface area contributed by atoms with Gasteiger partial charge in [0.2, 0.25) is 0 Å². The third-order valence-electron chi connectivity index (χ3n) is 12.8. The van der Waals surface area contributed by atoms with E-state index in [1.165, 1.54) is 83.5 Å². The van der Waals surface area contributed by atoms with Gasteiger partial charge in [-0.3, -0.25) is 14.2 Å². The molecule has 10 heteroatoms. The lowest BCUT2D eigenvalue weighted by Crippen LogP contribution is -2.37. The molecule has 454 valence electrons. The summed E-state index contributed by atoms with van der Waals surface area (Å²) in [5.74, 6) is -0.882. The second-order valence-electron chi connectivity index (χ2n) is 21.7. The summed E-state index contributed by atoms with van der Waals surface area (Å²) in [6.45, 7) is 4.07. The highest BCUT2D eigenvalue weighted by molar-refractivity contribution is 7.45. The van der Waals surface area contributed by atoms with Crippen molar-refractivity contribution in [3.05, 3.63) is 146 Å². The molecule has 2 unspecified atom stereocenters. The molecule has 0 aliphatic heterocycles. The van der Waals surface area contributed by atoms with Gasteiger partial charge in [-0.25, -0.2) is 0 Å². The maximum absolute atomic E-state index is 12.8.